The van der Waals surface area contributed by atoms with Gasteiger partial charge in [0.1, 0.15) is 0 Å². The van der Waals surface area contributed by atoms with Crippen LogP contribution in [0.4, 0.5) is 5.69 Å². The summed E-state index contributed by atoms with van der Waals surface area (Å²) in [6, 6.07) is 10.2. The molecule has 0 aliphatic heterocycles. The zero-order valence-corrected chi connectivity index (χ0v) is 11.3. The van der Waals surface area contributed by atoms with E-state index in [1.807, 2.05) is 37.3 Å². The highest BCUT2D eigenvalue weighted by Gasteiger charge is 2.38. The lowest BCUT2D eigenvalue weighted by Gasteiger charge is -2.42. The lowest BCUT2D eigenvalue weighted by Crippen LogP contribution is -2.49. The van der Waals surface area contributed by atoms with Crippen molar-refractivity contribution in [2.75, 3.05) is 5.32 Å². The summed E-state index contributed by atoms with van der Waals surface area (Å²) in [6.45, 7) is 8.08. The van der Waals surface area contributed by atoms with Gasteiger partial charge in [0, 0.05) is 5.69 Å². The van der Waals surface area contributed by atoms with E-state index in [1.54, 1.807) is 0 Å². The lowest BCUT2D eigenvalue weighted by atomic mass is 9.74. The number of hydrogen-bond donors (Lipinski definition) is 2. The minimum atomic E-state index is -0.637. The van der Waals surface area contributed by atoms with Gasteiger partial charge in [0.25, 0.3) is 0 Å². The molecule has 1 aromatic rings. The van der Waals surface area contributed by atoms with Crippen molar-refractivity contribution in [3.63, 3.8) is 0 Å². The van der Waals surface area contributed by atoms with E-state index >= 15 is 0 Å². The fraction of sp³-hybridized carbons (Fsp3) is 0.500. The highest BCUT2D eigenvalue weighted by atomic mass is 16.3. The summed E-state index contributed by atoms with van der Waals surface area (Å²) in [5, 5.41) is 14.0. The molecule has 1 saturated carbocycles. The van der Waals surface area contributed by atoms with Gasteiger partial charge in [0.05, 0.1) is 11.6 Å². The van der Waals surface area contributed by atoms with E-state index in [1.165, 1.54) is 5.57 Å². The van der Waals surface area contributed by atoms with Gasteiger partial charge in [0.2, 0.25) is 0 Å². The number of aliphatic hydroxyl groups is 1. The van der Waals surface area contributed by atoms with Crippen LogP contribution in [0, 0.1) is 5.92 Å². The first kappa shape index (κ1) is 13.2. The molecule has 2 N–H and O–H groups in total. The Morgan fingerprint density at radius 1 is 1.39 bits per heavy atom. The SMILES string of the molecule is C=C(C)[C@@H]1CC[C@](C)(O)[C@@H](Nc2ccccc2)C1. The number of anilines is 1. The number of allylic oxidation sites excluding steroid dienone is 1. The molecule has 0 heterocycles. The molecule has 1 aromatic carbocycles. The van der Waals surface area contributed by atoms with Crippen LogP contribution in [0.1, 0.15) is 33.1 Å². The van der Waals surface area contributed by atoms with Crippen molar-refractivity contribution < 1.29 is 5.11 Å². The summed E-state index contributed by atoms with van der Waals surface area (Å²) in [5.74, 6) is 0.520. The van der Waals surface area contributed by atoms with E-state index in [0.29, 0.717) is 5.92 Å². The molecule has 0 saturated heterocycles. The predicted molar refractivity (Wildman–Crippen MR) is 76.6 cm³/mol. The fourth-order valence-electron chi connectivity index (χ4n) is 2.69. The third-order valence-electron chi connectivity index (χ3n) is 4.08. The second kappa shape index (κ2) is 5.15. The van der Waals surface area contributed by atoms with Crippen LogP contribution < -0.4 is 5.32 Å². The standard InChI is InChI=1S/C16H23NO/c1-12(2)13-9-10-16(3,18)15(11-13)17-14-7-5-4-6-8-14/h4-8,13,15,17-18H,1,9-11H2,2-3H3/t13-,15+,16+/m1/s1. The lowest BCUT2D eigenvalue weighted by molar-refractivity contribution is 0.000599. The maximum absolute atomic E-state index is 10.5. The van der Waals surface area contributed by atoms with Crippen LogP contribution in [-0.2, 0) is 0 Å². The summed E-state index contributed by atoms with van der Waals surface area (Å²) in [5.41, 5.74) is 1.66. The summed E-state index contributed by atoms with van der Waals surface area (Å²) >= 11 is 0. The zero-order valence-electron chi connectivity index (χ0n) is 11.3. The largest absolute Gasteiger partial charge is 0.388 e. The predicted octanol–water partition coefficient (Wildman–Crippen LogP) is 3.59. The van der Waals surface area contributed by atoms with Gasteiger partial charge in [-0.2, -0.15) is 0 Å². The second-order valence-corrected chi connectivity index (χ2v) is 5.74. The first-order valence-corrected chi connectivity index (χ1v) is 6.68. The van der Waals surface area contributed by atoms with Crippen molar-refractivity contribution in [3.05, 3.63) is 42.5 Å². The van der Waals surface area contributed by atoms with Crippen molar-refractivity contribution in [3.8, 4) is 0 Å². The summed E-state index contributed by atoms with van der Waals surface area (Å²) in [6.07, 6.45) is 2.82. The van der Waals surface area contributed by atoms with E-state index in [4.69, 9.17) is 0 Å². The molecular formula is C16H23NO. The number of para-hydroxylation sites is 1. The van der Waals surface area contributed by atoms with Crippen molar-refractivity contribution in [2.45, 2.75) is 44.8 Å². The Bertz CT molecular complexity index is 410. The second-order valence-electron chi connectivity index (χ2n) is 5.74. The Balaban J connectivity index is 2.10. The van der Waals surface area contributed by atoms with Crippen LogP contribution in [0.15, 0.2) is 42.5 Å². The summed E-state index contributed by atoms with van der Waals surface area (Å²) in [4.78, 5) is 0. The number of rotatable bonds is 3. The normalized spacial score (nSPS) is 31.9. The zero-order chi connectivity index (χ0) is 13.2. The first-order chi connectivity index (χ1) is 8.49. The molecule has 2 rings (SSSR count). The van der Waals surface area contributed by atoms with Gasteiger partial charge in [-0.05, 0) is 51.2 Å². The number of benzene rings is 1. The number of nitrogens with one attached hydrogen (secondary N) is 1. The molecule has 3 atom stereocenters. The third-order valence-corrected chi connectivity index (χ3v) is 4.08. The van der Waals surface area contributed by atoms with Crippen LogP contribution in [0.25, 0.3) is 0 Å². The molecule has 0 unspecified atom stereocenters. The molecule has 0 spiro atoms. The first-order valence-electron chi connectivity index (χ1n) is 6.68. The van der Waals surface area contributed by atoms with Gasteiger partial charge < -0.3 is 10.4 Å². The molecule has 1 fully saturated rings. The molecule has 1 aliphatic carbocycles. The molecule has 0 amide bonds. The molecule has 18 heavy (non-hydrogen) atoms. The average molecular weight is 245 g/mol. The van der Waals surface area contributed by atoms with Crippen molar-refractivity contribution in [1.29, 1.82) is 0 Å². The monoisotopic (exact) mass is 245 g/mol. The third kappa shape index (κ3) is 2.94. The smallest absolute Gasteiger partial charge is 0.0820 e. The maximum Gasteiger partial charge on any atom is 0.0820 e. The van der Waals surface area contributed by atoms with Crippen molar-refractivity contribution >= 4 is 5.69 Å². The number of hydrogen-bond acceptors (Lipinski definition) is 2. The van der Waals surface area contributed by atoms with Crippen LogP contribution in [0.2, 0.25) is 0 Å². The van der Waals surface area contributed by atoms with E-state index < -0.39 is 5.60 Å². The Morgan fingerprint density at radius 2 is 2.06 bits per heavy atom. The quantitative estimate of drug-likeness (QED) is 0.798. The summed E-state index contributed by atoms with van der Waals surface area (Å²) in [7, 11) is 0. The van der Waals surface area contributed by atoms with Crippen molar-refractivity contribution in [1.82, 2.24) is 0 Å². The van der Waals surface area contributed by atoms with Gasteiger partial charge in [-0.25, -0.2) is 0 Å². The Hall–Kier alpha value is -1.28. The average Bonchev–Trinajstić information content (AvgIpc) is 2.33. The fourth-order valence-corrected chi connectivity index (χ4v) is 2.69. The molecule has 0 aromatic heterocycles. The minimum absolute atomic E-state index is 0.0929. The van der Waals surface area contributed by atoms with Gasteiger partial charge in [-0.3, -0.25) is 0 Å². The molecular weight excluding hydrogens is 222 g/mol. The van der Waals surface area contributed by atoms with E-state index in [2.05, 4.69) is 18.8 Å². The highest BCUT2D eigenvalue weighted by Crippen LogP contribution is 2.36. The molecule has 2 nitrogen and oxygen atoms in total. The Kier molecular flexibility index (Phi) is 3.76. The maximum atomic E-state index is 10.5. The van der Waals surface area contributed by atoms with E-state index in [0.717, 1.165) is 24.9 Å². The van der Waals surface area contributed by atoms with Crippen LogP contribution in [-0.4, -0.2) is 16.7 Å². The highest BCUT2D eigenvalue weighted by molar-refractivity contribution is 5.44. The minimum Gasteiger partial charge on any atom is -0.388 e. The van der Waals surface area contributed by atoms with Gasteiger partial charge in [0.15, 0.2) is 0 Å². The van der Waals surface area contributed by atoms with Crippen LogP contribution >= 0.6 is 0 Å². The van der Waals surface area contributed by atoms with Crippen LogP contribution in [0.3, 0.4) is 0 Å². The Morgan fingerprint density at radius 3 is 2.67 bits per heavy atom. The van der Waals surface area contributed by atoms with Gasteiger partial charge in [-0.15, -0.1) is 0 Å². The molecule has 98 valence electrons. The van der Waals surface area contributed by atoms with Crippen LogP contribution in [0.5, 0.6) is 0 Å². The molecule has 1 aliphatic rings. The molecule has 0 bridgehead atoms. The summed E-state index contributed by atoms with van der Waals surface area (Å²) < 4.78 is 0. The van der Waals surface area contributed by atoms with E-state index in [-0.39, 0.29) is 6.04 Å². The van der Waals surface area contributed by atoms with Crippen molar-refractivity contribution in [2.24, 2.45) is 5.92 Å². The molecule has 0 radical (unpaired) electrons. The van der Waals surface area contributed by atoms with E-state index in [9.17, 15) is 5.11 Å². The molecule has 2 heteroatoms. The Labute approximate surface area is 110 Å². The van der Waals surface area contributed by atoms with Gasteiger partial charge in [-0.1, -0.05) is 30.4 Å². The topological polar surface area (TPSA) is 32.3 Å². The van der Waals surface area contributed by atoms with Gasteiger partial charge >= 0.3 is 0 Å².